The molecule has 0 aliphatic carbocycles. The summed E-state index contributed by atoms with van der Waals surface area (Å²) in [5.41, 5.74) is 0. The highest BCUT2D eigenvalue weighted by molar-refractivity contribution is 7.89. The average molecular weight is 235 g/mol. The van der Waals surface area contributed by atoms with Gasteiger partial charge in [0.1, 0.15) is 0 Å². The highest BCUT2D eigenvalue weighted by Gasteiger charge is 2.33. The van der Waals surface area contributed by atoms with Crippen molar-refractivity contribution in [3.05, 3.63) is 0 Å². The predicted molar refractivity (Wildman–Crippen MR) is 56.0 cm³/mol. The molecular weight excluding hydrogens is 218 g/mol. The first-order chi connectivity index (χ1) is 6.84. The molecule has 1 rings (SSSR count). The second kappa shape index (κ2) is 4.49. The van der Waals surface area contributed by atoms with E-state index in [-0.39, 0.29) is 12.3 Å². The maximum Gasteiger partial charge on any atom is 0.303 e. The monoisotopic (exact) mass is 235 g/mol. The minimum absolute atomic E-state index is 0.0315. The fraction of sp³-hybridized carbons (Fsp3) is 0.889. The van der Waals surface area contributed by atoms with Gasteiger partial charge in [-0.1, -0.05) is 0 Å². The summed E-state index contributed by atoms with van der Waals surface area (Å²) in [4.78, 5) is 10.5. The van der Waals surface area contributed by atoms with Crippen molar-refractivity contribution in [2.45, 2.75) is 31.9 Å². The molecule has 1 saturated heterocycles. The Labute approximate surface area is 90.1 Å². The van der Waals surface area contributed by atoms with Crippen LogP contribution in [0, 0.1) is 5.92 Å². The number of carboxylic acids is 1. The SMILES string of the molecule is CC(C)S(=O)(=O)N1CCC(CC(=O)O)C1. The summed E-state index contributed by atoms with van der Waals surface area (Å²) in [5, 5.41) is 8.17. The molecule has 0 saturated carbocycles. The number of aliphatic carboxylic acids is 1. The Kier molecular flexibility index (Phi) is 3.72. The highest BCUT2D eigenvalue weighted by atomic mass is 32.2. The maximum absolute atomic E-state index is 11.7. The van der Waals surface area contributed by atoms with Gasteiger partial charge in [0.25, 0.3) is 0 Å². The zero-order valence-corrected chi connectivity index (χ0v) is 9.83. The third kappa shape index (κ3) is 2.92. The molecular formula is C9H17NO4S. The first-order valence-corrected chi connectivity index (χ1v) is 6.55. The molecule has 0 bridgehead atoms. The predicted octanol–water partition coefficient (Wildman–Crippen LogP) is 0.521. The van der Waals surface area contributed by atoms with Crippen LogP contribution >= 0.6 is 0 Å². The molecule has 1 N–H and O–H groups in total. The van der Waals surface area contributed by atoms with Gasteiger partial charge in [-0.25, -0.2) is 12.7 Å². The van der Waals surface area contributed by atoms with Gasteiger partial charge in [0.05, 0.1) is 5.25 Å². The molecule has 6 heteroatoms. The molecule has 0 aromatic carbocycles. The molecule has 0 radical (unpaired) electrons. The van der Waals surface area contributed by atoms with E-state index in [4.69, 9.17) is 5.11 Å². The Bertz CT molecular complexity index is 336. The lowest BCUT2D eigenvalue weighted by Gasteiger charge is -2.18. The molecule has 15 heavy (non-hydrogen) atoms. The van der Waals surface area contributed by atoms with Crippen LogP contribution in [0.3, 0.4) is 0 Å². The maximum atomic E-state index is 11.7. The van der Waals surface area contributed by atoms with E-state index in [1.807, 2.05) is 0 Å². The lowest BCUT2D eigenvalue weighted by molar-refractivity contribution is -0.137. The van der Waals surface area contributed by atoms with Gasteiger partial charge >= 0.3 is 5.97 Å². The van der Waals surface area contributed by atoms with E-state index in [9.17, 15) is 13.2 Å². The molecule has 88 valence electrons. The third-order valence-electron chi connectivity index (χ3n) is 2.67. The van der Waals surface area contributed by atoms with Crippen molar-refractivity contribution in [3.63, 3.8) is 0 Å². The van der Waals surface area contributed by atoms with E-state index in [1.165, 1.54) is 4.31 Å². The molecule has 0 spiro atoms. The van der Waals surface area contributed by atoms with Crippen molar-refractivity contribution in [1.29, 1.82) is 0 Å². The normalized spacial score (nSPS) is 23.5. The van der Waals surface area contributed by atoms with Crippen LogP contribution in [0.25, 0.3) is 0 Å². The highest BCUT2D eigenvalue weighted by Crippen LogP contribution is 2.23. The van der Waals surface area contributed by atoms with Crippen LogP contribution in [0.5, 0.6) is 0 Å². The van der Waals surface area contributed by atoms with Crippen LogP contribution in [0.15, 0.2) is 0 Å². The van der Waals surface area contributed by atoms with Gasteiger partial charge in [0, 0.05) is 19.5 Å². The molecule has 1 heterocycles. The van der Waals surface area contributed by atoms with Crippen LogP contribution < -0.4 is 0 Å². The number of hydrogen-bond acceptors (Lipinski definition) is 3. The summed E-state index contributed by atoms with van der Waals surface area (Å²) in [6.45, 7) is 4.09. The summed E-state index contributed by atoms with van der Waals surface area (Å²) >= 11 is 0. The van der Waals surface area contributed by atoms with Crippen molar-refractivity contribution in [1.82, 2.24) is 4.31 Å². The number of sulfonamides is 1. The van der Waals surface area contributed by atoms with Crippen molar-refractivity contribution in [3.8, 4) is 0 Å². The number of nitrogens with zero attached hydrogens (tertiary/aromatic N) is 1. The molecule has 1 aliphatic heterocycles. The van der Waals surface area contributed by atoms with Crippen molar-refractivity contribution in [2.24, 2.45) is 5.92 Å². The molecule has 0 aromatic heterocycles. The third-order valence-corrected chi connectivity index (χ3v) is 4.91. The summed E-state index contributed by atoms with van der Waals surface area (Å²) < 4.78 is 24.9. The Morgan fingerprint density at radius 3 is 2.60 bits per heavy atom. The quantitative estimate of drug-likeness (QED) is 0.771. The van der Waals surface area contributed by atoms with Crippen LogP contribution in [0.4, 0.5) is 0 Å². The Hall–Kier alpha value is -0.620. The molecule has 1 atom stereocenters. The molecule has 1 unspecified atom stereocenters. The summed E-state index contributed by atoms with van der Waals surface area (Å²) in [5.74, 6) is -0.889. The van der Waals surface area contributed by atoms with Gasteiger partial charge in [-0.2, -0.15) is 0 Å². The standard InChI is InChI=1S/C9H17NO4S/c1-7(2)15(13,14)10-4-3-8(6-10)5-9(11)12/h7-8H,3-6H2,1-2H3,(H,11,12). The van der Waals surface area contributed by atoms with E-state index in [0.29, 0.717) is 19.5 Å². The number of hydrogen-bond donors (Lipinski definition) is 1. The van der Waals surface area contributed by atoms with Crippen LogP contribution in [0.2, 0.25) is 0 Å². The van der Waals surface area contributed by atoms with E-state index in [1.54, 1.807) is 13.8 Å². The lowest BCUT2D eigenvalue weighted by atomic mass is 10.1. The second-order valence-electron chi connectivity index (χ2n) is 4.20. The van der Waals surface area contributed by atoms with Gasteiger partial charge in [-0.05, 0) is 26.2 Å². The molecule has 5 nitrogen and oxygen atoms in total. The van der Waals surface area contributed by atoms with Gasteiger partial charge in [-0.15, -0.1) is 0 Å². The summed E-state index contributed by atoms with van der Waals surface area (Å²) in [7, 11) is -3.20. The van der Waals surface area contributed by atoms with Gasteiger partial charge < -0.3 is 5.11 Å². The van der Waals surface area contributed by atoms with E-state index in [2.05, 4.69) is 0 Å². The fourth-order valence-electron chi connectivity index (χ4n) is 1.74. The number of carbonyl (C=O) groups is 1. The summed E-state index contributed by atoms with van der Waals surface area (Å²) in [6, 6.07) is 0. The van der Waals surface area contributed by atoms with Crippen LogP contribution in [-0.4, -0.2) is 42.1 Å². The summed E-state index contributed by atoms with van der Waals surface area (Å²) in [6.07, 6.45) is 0.711. The largest absolute Gasteiger partial charge is 0.481 e. The lowest BCUT2D eigenvalue weighted by Crippen LogP contribution is -2.34. The Balaban J connectivity index is 2.60. The average Bonchev–Trinajstić information content (AvgIpc) is 2.51. The molecule has 1 aliphatic rings. The van der Waals surface area contributed by atoms with E-state index in [0.717, 1.165) is 0 Å². The van der Waals surface area contributed by atoms with Gasteiger partial charge in [-0.3, -0.25) is 4.79 Å². The smallest absolute Gasteiger partial charge is 0.303 e. The topological polar surface area (TPSA) is 74.7 Å². The minimum Gasteiger partial charge on any atom is -0.481 e. The molecule has 1 fully saturated rings. The first-order valence-electron chi connectivity index (χ1n) is 5.04. The number of rotatable bonds is 4. The van der Waals surface area contributed by atoms with Crippen molar-refractivity contribution in [2.75, 3.05) is 13.1 Å². The Morgan fingerprint density at radius 1 is 1.53 bits per heavy atom. The first kappa shape index (κ1) is 12.4. The van der Waals surface area contributed by atoms with Crippen molar-refractivity contribution >= 4 is 16.0 Å². The zero-order chi connectivity index (χ0) is 11.6. The van der Waals surface area contributed by atoms with Crippen LogP contribution in [0.1, 0.15) is 26.7 Å². The number of carboxylic acid groups (broad SMARTS) is 1. The van der Waals surface area contributed by atoms with E-state index < -0.39 is 21.2 Å². The van der Waals surface area contributed by atoms with E-state index >= 15 is 0 Å². The van der Waals surface area contributed by atoms with Gasteiger partial charge in [0.2, 0.25) is 10.0 Å². The minimum atomic E-state index is -3.20. The molecule has 0 aromatic rings. The van der Waals surface area contributed by atoms with Gasteiger partial charge in [0.15, 0.2) is 0 Å². The van der Waals surface area contributed by atoms with Crippen molar-refractivity contribution < 1.29 is 18.3 Å². The fourth-order valence-corrected chi connectivity index (χ4v) is 3.11. The zero-order valence-electron chi connectivity index (χ0n) is 9.01. The van der Waals surface area contributed by atoms with Crippen LogP contribution in [-0.2, 0) is 14.8 Å². The Morgan fingerprint density at radius 2 is 2.13 bits per heavy atom. The second-order valence-corrected chi connectivity index (χ2v) is 6.69. The molecule has 0 amide bonds.